The summed E-state index contributed by atoms with van der Waals surface area (Å²) in [5, 5.41) is 11.4. The Labute approximate surface area is 167 Å². The molecule has 0 radical (unpaired) electrons. The summed E-state index contributed by atoms with van der Waals surface area (Å²) in [5.41, 5.74) is 1.84. The fourth-order valence-electron chi connectivity index (χ4n) is 3.26. The minimum absolute atomic E-state index is 0.0667. The normalized spacial score (nSPS) is 13.6. The van der Waals surface area contributed by atoms with Crippen LogP contribution >= 0.6 is 11.6 Å². The number of nitrogens with zero attached hydrogens (tertiary/aromatic N) is 3. The van der Waals surface area contributed by atoms with Crippen molar-refractivity contribution in [3.63, 3.8) is 0 Å². The van der Waals surface area contributed by atoms with Gasteiger partial charge in [0.05, 0.1) is 16.3 Å². The van der Waals surface area contributed by atoms with Crippen LogP contribution in [0.4, 0.5) is 15.9 Å². The molecule has 1 N–H and O–H groups in total. The van der Waals surface area contributed by atoms with Gasteiger partial charge >= 0.3 is 0 Å². The van der Waals surface area contributed by atoms with Crippen LogP contribution in [0.15, 0.2) is 54.6 Å². The van der Waals surface area contributed by atoms with Gasteiger partial charge in [0.25, 0.3) is 5.91 Å². The van der Waals surface area contributed by atoms with E-state index < -0.39 is 11.7 Å². The molecular weight excluding hydrogens is 379 g/mol. The Morgan fingerprint density at radius 1 is 1.04 bits per heavy atom. The highest BCUT2D eigenvalue weighted by molar-refractivity contribution is 6.34. The van der Waals surface area contributed by atoms with Gasteiger partial charge in [-0.05, 0) is 49.2 Å². The Morgan fingerprint density at radius 2 is 1.82 bits per heavy atom. The van der Waals surface area contributed by atoms with Gasteiger partial charge in [-0.25, -0.2) is 4.39 Å². The highest BCUT2D eigenvalue weighted by atomic mass is 35.5. The minimum Gasteiger partial charge on any atom is -0.355 e. The van der Waals surface area contributed by atoms with Crippen molar-refractivity contribution in [2.45, 2.75) is 12.8 Å². The lowest BCUT2D eigenvalue weighted by atomic mass is 10.1. The van der Waals surface area contributed by atoms with Crippen LogP contribution in [0.2, 0.25) is 5.02 Å². The number of aromatic nitrogens is 2. The first-order chi connectivity index (χ1) is 13.6. The number of hydrogen-bond acceptors (Lipinski definition) is 4. The molecule has 142 valence electrons. The summed E-state index contributed by atoms with van der Waals surface area (Å²) in [6.45, 7) is 2.02. The topological polar surface area (TPSA) is 58.1 Å². The molecule has 0 aliphatic carbocycles. The molecule has 1 aromatic heterocycles. The summed E-state index contributed by atoms with van der Waals surface area (Å²) < 4.78 is 13.9. The van der Waals surface area contributed by atoms with Gasteiger partial charge in [-0.15, -0.1) is 10.2 Å². The Morgan fingerprint density at radius 3 is 2.54 bits per heavy atom. The number of halogens is 2. The molecule has 1 aliphatic heterocycles. The van der Waals surface area contributed by atoms with E-state index in [4.69, 9.17) is 11.6 Å². The molecule has 1 aliphatic rings. The van der Waals surface area contributed by atoms with Gasteiger partial charge in [0.2, 0.25) is 0 Å². The third-order valence-corrected chi connectivity index (χ3v) is 5.00. The SMILES string of the molecule is O=C(Nc1cccc(-c2ccc(N3CCCC3)nn2)c1)c1c(F)cccc1Cl. The zero-order chi connectivity index (χ0) is 19.5. The Kier molecular flexibility index (Phi) is 5.21. The van der Waals surface area contributed by atoms with Crippen LogP contribution in [-0.2, 0) is 0 Å². The van der Waals surface area contributed by atoms with E-state index in [0.717, 1.165) is 24.5 Å². The van der Waals surface area contributed by atoms with E-state index in [2.05, 4.69) is 20.4 Å². The minimum atomic E-state index is -0.662. The lowest BCUT2D eigenvalue weighted by Gasteiger charge is -2.15. The molecule has 1 fully saturated rings. The number of rotatable bonds is 4. The van der Waals surface area contributed by atoms with Crippen LogP contribution in [0, 0.1) is 5.82 Å². The number of anilines is 2. The third-order valence-electron chi connectivity index (χ3n) is 4.69. The molecule has 2 aromatic carbocycles. The lowest BCUT2D eigenvalue weighted by Crippen LogP contribution is -2.19. The van der Waals surface area contributed by atoms with Gasteiger partial charge in [-0.1, -0.05) is 29.8 Å². The Bertz CT molecular complexity index is 983. The van der Waals surface area contributed by atoms with E-state index >= 15 is 0 Å². The number of carbonyl (C=O) groups is 1. The second-order valence-corrected chi connectivity index (χ2v) is 7.01. The molecule has 0 unspecified atom stereocenters. The monoisotopic (exact) mass is 396 g/mol. The zero-order valence-electron chi connectivity index (χ0n) is 15.0. The zero-order valence-corrected chi connectivity index (χ0v) is 15.8. The van der Waals surface area contributed by atoms with Crippen LogP contribution in [0.5, 0.6) is 0 Å². The predicted molar refractivity (Wildman–Crippen MR) is 108 cm³/mol. The molecule has 28 heavy (non-hydrogen) atoms. The first-order valence-electron chi connectivity index (χ1n) is 9.06. The Balaban J connectivity index is 1.54. The quantitative estimate of drug-likeness (QED) is 0.689. The van der Waals surface area contributed by atoms with Crippen molar-refractivity contribution in [2.75, 3.05) is 23.3 Å². The molecular formula is C21H18ClFN4O. The maximum atomic E-state index is 13.9. The summed E-state index contributed by atoms with van der Waals surface area (Å²) in [5.74, 6) is -0.389. The van der Waals surface area contributed by atoms with Gasteiger partial charge < -0.3 is 10.2 Å². The van der Waals surface area contributed by atoms with Crippen LogP contribution < -0.4 is 10.2 Å². The van der Waals surface area contributed by atoms with Crippen molar-refractivity contribution in [1.82, 2.24) is 10.2 Å². The lowest BCUT2D eigenvalue weighted by molar-refractivity contribution is 0.102. The van der Waals surface area contributed by atoms with Crippen molar-refractivity contribution in [3.05, 3.63) is 71.0 Å². The van der Waals surface area contributed by atoms with E-state index in [0.29, 0.717) is 11.4 Å². The van der Waals surface area contributed by atoms with Crippen molar-refractivity contribution >= 4 is 29.0 Å². The van der Waals surface area contributed by atoms with Crippen LogP contribution in [0.3, 0.4) is 0 Å². The number of benzene rings is 2. The van der Waals surface area contributed by atoms with E-state index in [1.54, 1.807) is 18.2 Å². The average Bonchev–Trinajstić information content (AvgIpc) is 3.23. The molecule has 0 atom stereocenters. The summed E-state index contributed by atoms with van der Waals surface area (Å²) >= 11 is 5.96. The van der Waals surface area contributed by atoms with Gasteiger partial charge in [0.1, 0.15) is 5.82 Å². The molecule has 1 saturated heterocycles. The first kappa shape index (κ1) is 18.4. The van der Waals surface area contributed by atoms with Gasteiger partial charge in [-0.3, -0.25) is 4.79 Å². The second kappa shape index (κ2) is 7.94. The van der Waals surface area contributed by atoms with Crippen molar-refractivity contribution < 1.29 is 9.18 Å². The molecule has 0 saturated carbocycles. The molecule has 3 aromatic rings. The molecule has 4 rings (SSSR count). The van der Waals surface area contributed by atoms with Crippen LogP contribution in [0.25, 0.3) is 11.3 Å². The van der Waals surface area contributed by atoms with Crippen molar-refractivity contribution in [3.8, 4) is 11.3 Å². The second-order valence-electron chi connectivity index (χ2n) is 6.60. The summed E-state index contributed by atoms with van der Waals surface area (Å²) in [4.78, 5) is 14.6. The van der Waals surface area contributed by atoms with E-state index in [1.165, 1.54) is 31.0 Å². The molecule has 0 spiro atoms. The van der Waals surface area contributed by atoms with Crippen molar-refractivity contribution in [2.24, 2.45) is 0 Å². The van der Waals surface area contributed by atoms with Crippen LogP contribution in [-0.4, -0.2) is 29.2 Å². The fraction of sp³-hybridized carbons (Fsp3) is 0.190. The molecule has 2 heterocycles. The predicted octanol–water partition coefficient (Wildman–Crippen LogP) is 4.79. The van der Waals surface area contributed by atoms with Gasteiger partial charge in [0.15, 0.2) is 5.82 Å². The standard InChI is InChI=1S/C21H18ClFN4O/c22-16-7-4-8-17(23)20(16)21(28)24-15-6-3-5-14(13-15)18-9-10-19(26-25-18)27-11-1-2-12-27/h3-10,13H,1-2,11-12H2,(H,24,28). The highest BCUT2D eigenvalue weighted by Gasteiger charge is 2.17. The summed E-state index contributed by atoms with van der Waals surface area (Å²) in [6, 6.07) is 15.2. The molecule has 0 bridgehead atoms. The fourth-order valence-corrected chi connectivity index (χ4v) is 3.51. The largest absolute Gasteiger partial charge is 0.355 e. The van der Waals surface area contributed by atoms with Crippen LogP contribution in [0.1, 0.15) is 23.2 Å². The van der Waals surface area contributed by atoms with Crippen molar-refractivity contribution in [1.29, 1.82) is 0 Å². The highest BCUT2D eigenvalue weighted by Crippen LogP contribution is 2.25. The number of amides is 1. The van der Waals surface area contributed by atoms with E-state index in [9.17, 15) is 9.18 Å². The maximum absolute atomic E-state index is 13.9. The maximum Gasteiger partial charge on any atom is 0.260 e. The molecule has 5 nitrogen and oxygen atoms in total. The number of nitrogens with one attached hydrogen (secondary N) is 1. The average molecular weight is 397 g/mol. The molecule has 7 heteroatoms. The van der Waals surface area contributed by atoms with E-state index in [1.807, 2.05) is 18.2 Å². The summed E-state index contributed by atoms with van der Waals surface area (Å²) in [7, 11) is 0. The van der Waals surface area contributed by atoms with E-state index in [-0.39, 0.29) is 10.6 Å². The smallest absolute Gasteiger partial charge is 0.260 e. The third kappa shape index (κ3) is 3.82. The number of hydrogen-bond donors (Lipinski definition) is 1. The Hall–Kier alpha value is -2.99. The first-order valence-corrected chi connectivity index (χ1v) is 9.44. The van der Waals surface area contributed by atoms with Gasteiger partial charge in [-0.2, -0.15) is 0 Å². The summed E-state index contributed by atoms with van der Waals surface area (Å²) in [6.07, 6.45) is 2.36. The van der Waals surface area contributed by atoms with Gasteiger partial charge in [0, 0.05) is 24.3 Å². The molecule has 1 amide bonds. The number of carbonyl (C=O) groups excluding carboxylic acids is 1.